The minimum absolute atomic E-state index is 0.0702. The van der Waals surface area contributed by atoms with Crippen molar-refractivity contribution in [2.45, 2.75) is 13.3 Å². The van der Waals surface area contributed by atoms with Gasteiger partial charge in [-0.3, -0.25) is 14.4 Å². The summed E-state index contributed by atoms with van der Waals surface area (Å²) in [5, 5.41) is 3.52. The predicted molar refractivity (Wildman–Crippen MR) is 126 cm³/mol. The van der Waals surface area contributed by atoms with E-state index in [0.29, 0.717) is 30.8 Å². The van der Waals surface area contributed by atoms with Crippen LogP contribution in [0.2, 0.25) is 0 Å². The van der Waals surface area contributed by atoms with E-state index in [1.165, 1.54) is 50.4 Å². The minimum Gasteiger partial charge on any atom is -0.496 e. The molecular weight excluding hydrogens is 454 g/mol. The lowest BCUT2D eigenvalue weighted by Crippen LogP contribution is -2.45. The number of hydrogen-bond acceptors (Lipinski definition) is 8. The largest absolute Gasteiger partial charge is 0.496 e. The lowest BCUT2D eigenvalue weighted by Gasteiger charge is -2.28. The van der Waals surface area contributed by atoms with Crippen LogP contribution >= 0.6 is 0 Å². The van der Waals surface area contributed by atoms with Gasteiger partial charge in [0, 0.05) is 37.0 Å². The number of methoxy groups -OCH3 is 3. The molecule has 0 unspecified atom stereocenters. The summed E-state index contributed by atoms with van der Waals surface area (Å²) >= 11 is 0. The Morgan fingerprint density at radius 1 is 0.829 bits per heavy atom. The Morgan fingerprint density at radius 2 is 1.43 bits per heavy atom. The number of aromatic nitrogens is 1. The molecule has 2 amide bonds. The van der Waals surface area contributed by atoms with E-state index in [2.05, 4.69) is 4.98 Å². The second kappa shape index (κ2) is 9.88. The Bertz CT molecular complexity index is 1280. The highest BCUT2D eigenvalue weighted by molar-refractivity contribution is 6.01. The van der Waals surface area contributed by atoms with E-state index in [4.69, 9.17) is 18.9 Å². The van der Waals surface area contributed by atoms with Crippen molar-refractivity contribution >= 4 is 28.7 Å². The fourth-order valence-electron chi connectivity index (χ4n) is 3.98. The molecule has 0 bridgehead atoms. The maximum atomic E-state index is 13.5. The number of hydrogen-bond donors (Lipinski definition) is 0. The highest BCUT2D eigenvalue weighted by Crippen LogP contribution is 2.39. The monoisotopic (exact) mass is 479 g/mol. The maximum Gasteiger partial charge on any atom is 0.308 e. The van der Waals surface area contributed by atoms with Crippen molar-refractivity contribution in [3.63, 3.8) is 0 Å². The average molecular weight is 479 g/mol. The average Bonchev–Trinajstić information content (AvgIpc) is 3.36. The summed E-state index contributed by atoms with van der Waals surface area (Å²) in [6.45, 7) is 1.94. The summed E-state index contributed by atoms with van der Waals surface area (Å²) in [6.07, 6.45) is 0.599. The summed E-state index contributed by atoms with van der Waals surface area (Å²) in [4.78, 5) is 42.9. The molecule has 4 rings (SSSR count). The normalized spacial score (nSPS) is 13.0. The van der Waals surface area contributed by atoms with Gasteiger partial charge in [0.05, 0.1) is 26.8 Å². The minimum atomic E-state index is -0.560. The van der Waals surface area contributed by atoms with E-state index in [1.807, 2.05) is 18.2 Å². The number of benzene rings is 2. The standard InChI is InChI=1S/C25H25N3O7/c1-15(29)35-23-21(33-3)12-16(13-22(23)34-4)24(30)27-10-7-11-28(27)25(31)19-14-20(32-2)17-8-5-6-9-18(17)26-19/h5-6,8-9,12-14H,7,10-11H2,1-4H3. The number of pyridine rings is 1. The van der Waals surface area contributed by atoms with Gasteiger partial charge in [0.2, 0.25) is 5.75 Å². The number of fused-ring (bicyclic) bond motifs is 1. The smallest absolute Gasteiger partial charge is 0.308 e. The molecule has 35 heavy (non-hydrogen) atoms. The Balaban J connectivity index is 1.67. The SMILES string of the molecule is COc1cc(C(=O)N2CCCN2C(=O)c2cc(OC)c3ccccc3n2)cc(OC)c1OC(C)=O. The van der Waals surface area contributed by atoms with Crippen molar-refractivity contribution in [3.05, 3.63) is 53.7 Å². The Kier molecular flexibility index (Phi) is 6.72. The summed E-state index contributed by atoms with van der Waals surface area (Å²) in [5.41, 5.74) is 0.988. The number of carbonyl (C=O) groups excluding carboxylic acids is 3. The van der Waals surface area contributed by atoms with Crippen LogP contribution in [0.15, 0.2) is 42.5 Å². The van der Waals surface area contributed by atoms with Crippen LogP contribution in [0.5, 0.6) is 23.0 Å². The van der Waals surface area contributed by atoms with E-state index >= 15 is 0 Å². The van der Waals surface area contributed by atoms with Gasteiger partial charge >= 0.3 is 5.97 Å². The summed E-state index contributed by atoms with van der Waals surface area (Å²) in [6, 6.07) is 11.8. The molecule has 0 aliphatic carbocycles. The molecule has 1 fully saturated rings. The molecule has 10 heteroatoms. The van der Waals surface area contributed by atoms with Gasteiger partial charge in [0.1, 0.15) is 11.4 Å². The van der Waals surface area contributed by atoms with Crippen molar-refractivity contribution < 1.29 is 33.3 Å². The first-order chi connectivity index (χ1) is 16.9. The molecule has 182 valence electrons. The number of rotatable bonds is 6. The van der Waals surface area contributed by atoms with Gasteiger partial charge in [-0.1, -0.05) is 12.1 Å². The van der Waals surface area contributed by atoms with Gasteiger partial charge in [0.15, 0.2) is 11.5 Å². The summed E-state index contributed by atoms with van der Waals surface area (Å²) < 4.78 is 21.3. The molecule has 2 heterocycles. The molecule has 1 saturated heterocycles. The van der Waals surface area contributed by atoms with Crippen molar-refractivity contribution in [3.8, 4) is 23.0 Å². The van der Waals surface area contributed by atoms with Crippen LogP contribution in [-0.4, -0.2) is 67.2 Å². The second-order valence-corrected chi connectivity index (χ2v) is 7.74. The fraction of sp³-hybridized carbons (Fsp3) is 0.280. The molecule has 0 N–H and O–H groups in total. The van der Waals surface area contributed by atoms with Crippen LogP contribution in [0.25, 0.3) is 10.9 Å². The zero-order chi connectivity index (χ0) is 25.1. The van der Waals surface area contributed by atoms with Crippen LogP contribution in [0, 0.1) is 0 Å². The lowest BCUT2D eigenvalue weighted by molar-refractivity contribution is -0.132. The molecule has 2 aromatic carbocycles. The first-order valence-corrected chi connectivity index (χ1v) is 10.9. The van der Waals surface area contributed by atoms with E-state index in [0.717, 1.165) is 5.39 Å². The number of nitrogens with zero attached hydrogens (tertiary/aromatic N) is 3. The highest BCUT2D eigenvalue weighted by atomic mass is 16.6. The number of carbonyl (C=O) groups is 3. The first kappa shape index (κ1) is 23.8. The molecule has 1 aliphatic heterocycles. The molecule has 0 radical (unpaired) electrons. The van der Waals surface area contributed by atoms with Crippen molar-refractivity contribution in [2.75, 3.05) is 34.4 Å². The summed E-state index contributed by atoms with van der Waals surface area (Å²) in [5.74, 6) is -0.519. The second-order valence-electron chi connectivity index (χ2n) is 7.74. The van der Waals surface area contributed by atoms with Crippen LogP contribution in [-0.2, 0) is 4.79 Å². The Morgan fingerprint density at radius 3 is 2.03 bits per heavy atom. The third kappa shape index (κ3) is 4.54. The molecule has 0 atom stereocenters. The molecule has 10 nitrogen and oxygen atoms in total. The first-order valence-electron chi connectivity index (χ1n) is 10.9. The molecule has 0 spiro atoms. The van der Waals surface area contributed by atoms with Crippen LogP contribution in [0.4, 0.5) is 0 Å². The highest BCUT2D eigenvalue weighted by Gasteiger charge is 2.34. The van der Waals surface area contributed by atoms with Gasteiger partial charge in [0.25, 0.3) is 11.8 Å². The van der Waals surface area contributed by atoms with Crippen molar-refractivity contribution in [2.24, 2.45) is 0 Å². The van der Waals surface area contributed by atoms with E-state index in [9.17, 15) is 14.4 Å². The zero-order valence-corrected chi connectivity index (χ0v) is 19.9. The number of esters is 1. The third-order valence-electron chi connectivity index (χ3n) is 5.57. The van der Waals surface area contributed by atoms with Crippen LogP contribution < -0.4 is 18.9 Å². The Labute approximate surface area is 201 Å². The molecule has 0 saturated carbocycles. The topological polar surface area (TPSA) is 108 Å². The van der Waals surface area contributed by atoms with Gasteiger partial charge < -0.3 is 18.9 Å². The molecular formula is C25H25N3O7. The van der Waals surface area contributed by atoms with E-state index < -0.39 is 17.8 Å². The Hall–Kier alpha value is -4.34. The predicted octanol–water partition coefficient (Wildman–Crippen LogP) is 3.09. The summed E-state index contributed by atoms with van der Waals surface area (Å²) in [7, 11) is 4.31. The molecule has 1 aromatic heterocycles. The van der Waals surface area contributed by atoms with Gasteiger partial charge in [-0.2, -0.15) is 0 Å². The quantitative estimate of drug-likeness (QED) is 0.392. The van der Waals surface area contributed by atoms with Gasteiger partial charge in [-0.15, -0.1) is 0 Å². The van der Waals surface area contributed by atoms with Gasteiger partial charge in [-0.05, 0) is 30.7 Å². The third-order valence-corrected chi connectivity index (χ3v) is 5.57. The van der Waals surface area contributed by atoms with Crippen LogP contribution in [0.1, 0.15) is 34.2 Å². The lowest BCUT2D eigenvalue weighted by atomic mass is 10.1. The van der Waals surface area contributed by atoms with Gasteiger partial charge in [-0.25, -0.2) is 15.0 Å². The maximum absolute atomic E-state index is 13.5. The van der Waals surface area contributed by atoms with E-state index in [1.54, 1.807) is 12.1 Å². The van der Waals surface area contributed by atoms with Crippen molar-refractivity contribution in [1.82, 2.24) is 15.0 Å². The number of para-hydroxylation sites is 1. The van der Waals surface area contributed by atoms with Crippen molar-refractivity contribution in [1.29, 1.82) is 0 Å². The number of amides is 2. The zero-order valence-electron chi connectivity index (χ0n) is 19.9. The van der Waals surface area contributed by atoms with E-state index in [-0.39, 0.29) is 28.5 Å². The number of hydrazine groups is 1. The fourth-order valence-corrected chi connectivity index (χ4v) is 3.98. The molecule has 1 aliphatic rings. The number of ether oxygens (including phenoxy) is 4. The molecule has 3 aromatic rings. The van der Waals surface area contributed by atoms with Crippen LogP contribution in [0.3, 0.4) is 0 Å².